The number of benzene rings is 1. The van der Waals surface area contributed by atoms with Crippen LogP contribution >= 0.6 is 0 Å². The summed E-state index contributed by atoms with van der Waals surface area (Å²) in [4.78, 5) is 21.0. The fraction of sp³-hybridized carbons (Fsp3) is 0.550. The van der Waals surface area contributed by atoms with Gasteiger partial charge in [0.05, 0.1) is 15.9 Å². The molecule has 1 N–H and O–H groups in total. The molecule has 0 aromatic heterocycles. The molecule has 8 heteroatoms. The number of fused-ring (bicyclic) bond motifs is 3. The molecule has 2 saturated carbocycles. The number of allylic oxidation sites excluding steroid dienone is 2. The van der Waals surface area contributed by atoms with Crippen molar-refractivity contribution in [2.24, 2.45) is 22.9 Å². The smallest absolute Gasteiger partial charge is 0.272 e. The number of nitro groups is 2. The molecule has 0 aliphatic heterocycles. The Labute approximate surface area is 163 Å². The minimum atomic E-state index is -0.632. The van der Waals surface area contributed by atoms with Crippen LogP contribution < -0.4 is 5.43 Å². The maximum atomic E-state index is 11.4. The van der Waals surface area contributed by atoms with Gasteiger partial charge in [-0.05, 0) is 62.8 Å². The van der Waals surface area contributed by atoms with Crippen molar-refractivity contribution in [1.82, 2.24) is 0 Å². The standard InChI is InChI=1S/C20H24N4O4/c25-23(26)15-10-11-17(19(12-15)24(27)28)21-22-18-7-3-5-14-9-8-13-4-1-2-6-16(13)20(14)18/h8,10-12,14,16,20-21H,1-7,9H2. The zero-order valence-electron chi connectivity index (χ0n) is 15.7. The van der Waals surface area contributed by atoms with Gasteiger partial charge in [0.25, 0.3) is 5.69 Å². The third-order valence-corrected chi connectivity index (χ3v) is 6.43. The second kappa shape index (κ2) is 7.69. The number of nitrogens with one attached hydrogen (secondary N) is 1. The van der Waals surface area contributed by atoms with Gasteiger partial charge in [-0.1, -0.05) is 18.1 Å². The van der Waals surface area contributed by atoms with E-state index in [-0.39, 0.29) is 17.1 Å². The van der Waals surface area contributed by atoms with Crippen molar-refractivity contribution < 1.29 is 9.85 Å². The molecule has 3 atom stereocenters. The fourth-order valence-corrected chi connectivity index (χ4v) is 5.16. The molecule has 0 amide bonds. The van der Waals surface area contributed by atoms with E-state index in [1.165, 1.54) is 44.2 Å². The van der Waals surface area contributed by atoms with E-state index in [4.69, 9.17) is 0 Å². The topological polar surface area (TPSA) is 111 Å². The average molecular weight is 384 g/mol. The van der Waals surface area contributed by atoms with Crippen molar-refractivity contribution in [2.45, 2.75) is 51.4 Å². The van der Waals surface area contributed by atoms with Crippen LogP contribution in [0.4, 0.5) is 17.1 Å². The Balaban J connectivity index is 1.61. The summed E-state index contributed by atoms with van der Waals surface area (Å²) in [6, 6.07) is 3.62. The quantitative estimate of drug-likeness (QED) is 0.435. The first-order valence-electron chi connectivity index (χ1n) is 9.99. The number of hydrogen-bond donors (Lipinski definition) is 1. The summed E-state index contributed by atoms with van der Waals surface area (Å²) in [5, 5.41) is 26.9. The summed E-state index contributed by atoms with van der Waals surface area (Å²) in [7, 11) is 0. The summed E-state index contributed by atoms with van der Waals surface area (Å²) in [6.07, 6.45) is 11.6. The molecule has 0 heterocycles. The van der Waals surface area contributed by atoms with Crippen molar-refractivity contribution in [3.05, 3.63) is 50.1 Å². The van der Waals surface area contributed by atoms with Gasteiger partial charge in [0.1, 0.15) is 5.69 Å². The summed E-state index contributed by atoms with van der Waals surface area (Å²) in [6.45, 7) is 0. The van der Waals surface area contributed by atoms with Crippen LogP contribution in [0.15, 0.2) is 34.9 Å². The van der Waals surface area contributed by atoms with Crippen molar-refractivity contribution >= 4 is 22.8 Å². The summed E-state index contributed by atoms with van der Waals surface area (Å²) in [5.41, 5.74) is 5.10. The highest BCUT2D eigenvalue weighted by Crippen LogP contribution is 2.47. The van der Waals surface area contributed by atoms with Gasteiger partial charge in [-0.15, -0.1) is 0 Å². The van der Waals surface area contributed by atoms with Gasteiger partial charge in [-0.25, -0.2) is 0 Å². The normalized spacial score (nSPS) is 28.1. The Morgan fingerprint density at radius 2 is 1.89 bits per heavy atom. The van der Waals surface area contributed by atoms with Crippen molar-refractivity contribution in [2.75, 3.05) is 5.43 Å². The van der Waals surface area contributed by atoms with Crippen molar-refractivity contribution in [1.29, 1.82) is 0 Å². The van der Waals surface area contributed by atoms with Crippen molar-refractivity contribution in [3.8, 4) is 0 Å². The Morgan fingerprint density at radius 3 is 2.68 bits per heavy atom. The summed E-state index contributed by atoms with van der Waals surface area (Å²) >= 11 is 0. The van der Waals surface area contributed by atoms with Crippen LogP contribution in [-0.2, 0) is 0 Å². The van der Waals surface area contributed by atoms with Crippen LogP contribution in [0, 0.1) is 38.0 Å². The van der Waals surface area contributed by atoms with Gasteiger partial charge >= 0.3 is 5.69 Å². The highest BCUT2D eigenvalue weighted by atomic mass is 16.6. The average Bonchev–Trinajstić information content (AvgIpc) is 2.71. The first-order valence-corrected chi connectivity index (χ1v) is 9.99. The Hall–Kier alpha value is -2.77. The molecule has 3 aliphatic carbocycles. The van der Waals surface area contributed by atoms with Crippen LogP contribution in [0.5, 0.6) is 0 Å². The number of nitro benzene ring substituents is 2. The molecule has 148 valence electrons. The van der Waals surface area contributed by atoms with E-state index in [0.717, 1.165) is 31.0 Å². The molecule has 3 unspecified atom stereocenters. The van der Waals surface area contributed by atoms with Crippen LogP contribution in [0.2, 0.25) is 0 Å². The maximum Gasteiger partial charge on any atom is 0.301 e. The SMILES string of the molecule is O=[N+]([O-])c1ccc(NN=C2CCCC3CC=C4CCCCC4C23)c([N+](=O)[O-])c1. The first kappa shape index (κ1) is 18.6. The van der Waals surface area contributed by atoms with E-state index in [2.05, 4.69) is 16.6 Å². The van der Waals surface area contributed by atoms with E-state index >= 15 is 0 Å². The Kier molecular flexibility index (Phi) is 5.11. The van der Waals surface area contributed by atoms with Crippen LogP contribution in [-0.4, -0.2) is 15.6 Å². The molecular weight excluding hydrogens is 360 g/mol. The molecule has 0 spiro atoms. The Bertz CT molecular complexity index is 864. The van der Waals surface area contributed by atoms with Gasteiger partial charge in [0.2, 0.25) is 0 Å². The van der Waals surface area contributed by atoms with Crippen molar-refractivity contribution in [3.63, 3.8) is 0 Å². The maximum absolute atomic E-state index is 11.4. The van der Waals surface area contributed by atoms with E-state index in [9.17, 15) is 20.2 Å². The lowest BCUT2D eigenvalue weighted by atomic mass is 9.61. The third-order valence-electron chi connectivity index (χ3n) is 6.43. The zero-order valence-corrected chi connectivity index (χ0v) is 15.7. The molecule has 28 heavy (non-hydrogen) atoms. The van der Waals surface area contributed by atoms with Gasteiger partial charge in [0, 0.05) is 17.7 Å². The lowest BCUT2D eigenvalue weighted by molar-refractivity contribution is -0.393. The molecule has 1 aromatic carbocycles. The number of nitrogens with zero attached hydrogens (tertiary/aromatic N) is 3. The number of non-ortho nitro benzene ring substituents is 1. The molecule has 3 aliphatic rings. The molecule has 2 fully saturated rings. The highest BCUT2D eigenvalue weighted by Gasteiger charge is 2.40. The van der Waals surface area contributed by atoms with E-state index in [1.807, 2.05) is 0 Å². The molecule has 1 aromatic rings. The zero-order chi connectivity index (χ0) is 19.7. The Morgan fingerprint density at radius 1 is 1.04 bits per heavy atom. The molecule has 0 radical (unpaired) electrons. The van der Waals surface area contributed by atoms with Gasteiger partial charge < -0.3 is 0 Å². The van der Waals surface area contributed by atoms with Gasteiger partial charge in [-0.3, -0.25) is 25.7 Å². The molecule has 4 rings (SSSR count). The lowest BCUT2D eigenvalue weighted by Gasteiger charge is -2.44. The van der Waals surface area contributed by atoms with E-state index in [0.29, 0.717) is 17.8 Å². The third kappa shape index (κ3) is 3.50. The predicted octanol–water partition coefficient (Wildman–Crippen LogP) is 5.21. The minimum absolute atomic E-state index is 0.195. The number of hydrogen-bond acceptors (Lipinski definition) is 6. The first-order chi connectivity index (χ1) is 13.5. The molecular formula is C20H24N4O4. The minimum Gasteiger partial charge on any atom is -0.272 e. The second-order valence-corrected chi connectivity index (χ2v) is 7.98. The second-order valence-electron chi connectivity index (χ2n) is 7.98. The van der Waals surface area contributed by atoms with Crippen LogP contribution in [0.25, 0.3) is 0 Å². The highest BCUT2D eigenvalue weighted by molar-refractivity contribution is 5.89. The predicted molar refractivity (Wildman–Crippen MR) is 106 cm³/mol. The molecule has 0 saturated heterocycles. The van der Waals surface area contributed by atoms with Gasteiger partial charge in [0.15, 0.2) is 0 Å². The van der Waals surface area contributed by atoms with Crippen LogP contribution in [0.1, 0.15) is 51.4 Å². The number of hydrazone groups is 1. The summed E-state index contributed by atoms with van der Waals surface area (Å²) in [5.74, 6) is 1.58. The number of anilines is 1. The molecule has 8 nitrogen and oxygen atoms in total. The molecule has 0 bridgehead atoms. The largest absolute Gasteiger partial charge is 0.301 e. The lowest BCUT2D eigenvalue weighted by Crippen LogP contribution is -2.39. The summed E-state index contributed by atoms with van der Waals surface area (Å²) < 4.78 is 0. The number of rotatable bonds is 4. The monoisotopic (exact) mass is 384 g/mol. The van der Waals surface area contributed by atoms with Crippen LogP contribution in [0.3, 0.4) is 0 Å². The van der Waals surface area contributed by atoms with E-state index < -0.39 is 9.85 Å². The van der Waals surface area contributed by atoms with E-state index in [1.54, 1.807) is 5.57 Å². The van der Waals surface area contributed by atoms with Gasteiger partial charge in [-0.2, -0.15) is 5.10 Å². The fourth-order valence-electron chi connectivity index (χ4n) is 5.16.